The summed E-state index contributed by atoms with van der Waals surface area (Å²) >= 11 is 0. The van der Waals surface area contributed by atoms with Crippen LogP contribution >= 0.6 is 0 Å². The highest BCUT2D eigenvalue weighted by Gasteiger charge is 2.30. The third-order valence-electron chi connectivity index (χ3n) is 9.02. The minimum Gasteiger partial charge on any atom is -0.490 e. The van der Waals surface area contributed by atoms with Crippen LogP contribution in [0.5, 0.6) is 5.75 Å². The number of nitrogens with one attached hydrogen (secondary N) is 4. The molecule has 16 nitrogen and oxygen atoms in total. The summed E-state index contributed by atoms with van der Waals surface area (Å²) < 4.78 is 72.4. The van der Waals surface area contributed by atoms with Gasteiger partial charge in [0.15, 0.2) is 17.4 Å². The normalized spacial score (nSPS) is 15.1. The van der Waals surface area contributed by atoms with E-state index in [0.717, 1.165) is 17.0 Å². The second-order valence-corrected chi connectivity index (χ2v) is 13.1. The predicted molar refractivity (Wildman–Crippen MR) is 210 cm³/mol. The number of hydrogen-bond acceptors (Lipinski definition) is 13. The first kappa shape index (κ1) is 45.2. The Balaban J connectivity index is 0.967. The Hall–Kier alpha value is -4.92. The molecule has 3 aromatic carbocycles. The lowest BCUT2D eigenvalue weighted by Gasteiger charge is -2.21. The van der Waals surface area contributed by atoms with Crippen molar-refractivity contribution in [3.05, 3.63) is 94.7 Å². The number of benzene rings is 3. The Bertz CT molecular complexity index is 1920. The maximum absolute atomic E-state index is 15.0. The van der Waals surface area contributed by atoms with Crippen molar-refractivity contribution in [3.8, 4) is 5.75 Å². The van der Waals surface area contributed by atoms with Crippen molar-refractivity contribution in [2.24, 2.45) is 0 Å². The molecule has 1 aliphatic rings. The molecule has 18 heteroatoms. The fourth-order valence-electron chi connectivity index (χ4n) is 5.90. The number of ketones is 1. The lowest BCUT2D eigenvalue weighted by molar-refractivity contribution is -0.0199. The van der Waals surface area contributed by atoms with Crippen LogP contribution in [0.2, 0.25) is 0 Å². The highest BCUT2D eigenvalue weighted by Crippen LogP contribution is 2.27. The zero-order valence-electron chi connectivity index (χ0n) is 32.9. The van der Waals surface area contributed by atoms with Crippen LogP contribution < -0.4 is 20.7 Å². The molecule has 0 radical (unpaired) electrons. The molecule has 0 unspecified atom stereocenters. The van der Waals surface area contributed by atoms with Gasteiger partial charge in [-0.3, -0.25) is 19.5 Å². The van der Waals surface area contributed by atoms with E-state index in [4.69, 9.17) is 37.9 Å². The molecular weight excluding hydrogens is 776 g/mol. The van der Waals surface area contributed by atoms with Gasteiger partial charge in [-0.1, -0.05) is 18.2 Å². The molecule has 4 N–H and O–H groups in total. The van der Waals surface area contributed by atoms with E-state index in [1.165, 1.54) is 30.3 Å². The summed E-state index contributed by atoms with van der Waals surface area (Å²) in [6.45, 7) is 6.11. The minimum absolute atomic E-state index is 0.0174. The average Bonchev–Trinajstić information content (AvgIpc) is 3.91. The number of methoxy groups -OCH3 is 1. The Morgan fingerprint density at radius 1 is 0.644 bits per heavy atom. The van der Waals surface area contributed by atoms with Crippen molar-refractivity contribution < 1.29 is 61.1 Å². The molecule has 59 heavy (non-hydrogen) atoms. The summed E-state index contributed by atoms with van der Waals surface area (Å²) in [6, 6.07) is 12.0. The Kier molecular flexibility index (Phi) is 19.0. The molecule has 2 atom stereocenters. The van der Waals surface area contributed by atoms with Gasteiger partial charge in [0.25, 0.3) is 11.8 Å². The van der Waals surface area contributed by atoms with Crippen molar-refractivity contribution in [1.82, 2.24) is 26.1 Å². The van der Waals surface area contributed by atoms with Gasteiger partial charge in [-0.25, -0.2) is 8.78 Å². The number of H-pyrrole nitrogens is 1. The van der Waals surface area contributed by atoms with Gasteiger partial charge in [-0.2, -0.15) is 5.10 Å². The fourth-order valence-corrected chi connectivity index (χ4v) is 5.90. The predicted octanol–water partition coefficient (Wildman–Crippen LogP) is 2.70. The van der Waals surface area contributed by atoms with Crippen LogP contribution in [0.1, 0.15) is 36.6 Å². The van der Waals surface area contributed by atoms with Gasteiger partial charge in [0, 0.05) is 42.3 Å². The van der Waals surface area contributed by atoms with Crippen molar-refractivity contribution in [3.63, 3.8) is 0 Å². The van der Waals surface area contributed by atoms with Gasteiger partial charge in [0.1, 0.15) is 17.9 Å². The molecule has 1 aromatic heterocycles. The van der Waals surface area contributed by atoms with E-state index in [-0.39, 0.29) is 48.6 Å². The molecule has 2 amide bonds. The number of amides is 2. The van der Waals surface area contributed by atoms with E-state index in [1.54, 1.807) is 31.5 Å². The minimum atomic E-state index is -1.35. The maximum Gasteiger partial charge on any atom is 0.251 e. The zero-order valence-corrected chi connectivity index (χ0v) is 32.9. The Morgan fingerprint density at radius 3 is 1.69 bits per heavy atom. The topological polar surface area (TPSA) is 190 Å². The Morgan fingerprint density at radius 2 is 1.14 bits per heavy atom. The van der Waals surface area contributed by atoms with Crippen LogP contribution in [0, 0.1) is 11.6 Å². The summed E-state index contributed by atoms with van der Waals surface area (Å²) in [5, 5.41) is 16.7. The molecule has 4 aromatic rings. The number of carbonyl (C=O) groups is 3. The zero-order chi connectivity index (χ0) is 41.7. The molecule has 0 bridgehead atoms. The average molecular weight is 828 g/mol. The van der Waals surface area contributed by atoms with Crippen LogP contribution in [0.4, 0.5) is 8.78 Å². The maximum atomic E-state index is 15.0. The number of fused-ring (bicyclic) bond motifs is 1. The summed E-state index contributed by atoms with van der Waals surface area (Å²) in [4.78, 5) is 39.6. The first-order chi connectivity index (χ1) is 28.9. The first-order valence-corrected chi connectivity index (χ1v) is 19.3. The largest absolute Gasteiger partial charge is 0.490 e. The molecule has 5 rings (SSSR count). The Labute approximate surface area is 340 Å². The van der Waals surface area contributed by atoms with Crippen molar-refractivity contribution in [2.45, 2.75) is 12.1 Å². The highest BCUT2D eigenvalue weighted by molar-refractivity contribution is 6.11. The fraction of sp³-hybridized carbons (Fsp3) is 0.463. The molecule has 1 aliphatic heterocycles. The molecular formula is C41H51F2N5O11. The summed E-state index contributed by atoms with van der Waals surface area (Å²) in [6.07, 6.45) is 1.67. The van der Waals surface area contributed by atoms with Crippen LogP contribution in [0.3, 0.4) is 0 Å². The van der Waals surface area contributed by atoms with Crippen molar-refractivity contribution in [1.29, 1.82) is 0 Å². The molecule has 0 aliphatic carbocycles. The summed E-state index contributed by atoms with van der Waals surface area (Å²) in [5.74, 6) is -4.28. The van der Waals surface area contributed by atoms with Crippen molar-refractivity contribution in [2.75, 3.05) is 113 Å². The monoisotopic (exact) mass is 827 g/mol. The van der Waals surface area contributed by atoms with E-state index >= 15 is 4.39 Å². The number of ether oxygens (including phenoxy) is 8. The summed E-state index contributed by atoms with van der Waals surface area (Å²) in [5.41, 5.74) is 0.847. The quantitative estimate of drug-likeness (QED) is 0.0484. The van der Waals surface area contributed by atoms with Crippen LogP contribution in [-0.4, -0.2) is 153 Å². The van der Waals surface area contributed by atoms with Crippen molar-refractivity contribution >= 4 is 28.5 Å². The lowest BCUT2D eigenvalue weighted by Crippen LogP contribution is -2.51. The van der Waals surface area contributed by atoms with E-state index in [0.29, 0.717) is 91.3 Å². The second kappa shape index (κ2) is 24.9. The second-order valence-electron chi connectivity index (χ2n) is 13.1. The molecule has 1 fully saturated rings. The van der Waals surface area contributed by atoms with Crippen LogP contribution in [0.25, 0.3) is 10.9 Å². The van der Waals surface area contributed by atoms with E-state index < -0.39 is 34.9 Å². The number of nitrogens with zero attached hydrogens (tertiary/aromatic N) is 1. The van der Waals surface area contributed by atoms with E-state index in [9.17, 15) is 18.8 Å². The third kappa shape index (κ3) is 14.4. The number of aromatic amines is 1. The SMILES string of the molecule is COCCOCCOCCOCCOCCOCCOCCOc1ccc(F)c(F)c1C(=O)c1ccc(C(=O)N[C@@H]2CNC[C@H]2NC(=O)c2ccc3cn[nH]c3c2)cc1. The number of rotatable bonds is 28. The number of aromatic nitrogens is 2. The van der Waals surface area contributed by atoms with Gasteiger partial charge in [0.2, 0.25) is 0 Å². The molecule has 0 spiro atoms. The van der Waals surface area contributed by atoms with Gasteiger partial charge in [-0.05, 0) is 36.4 Å². The van der Waals surface area contributed by atoms with Gasteiger partial charge < -0.3 is 53.8 Å². The standard InChI is InChI=1S/C41H51F2N5O11/c1-52-10-11-53-12-13-54-14-15-55-16-17-56-18-19-57-20-21-58-22-23-59-36-9-8-32(42)38(43)37(36)39(49)28-2-4-29(5-3-28)40(50)46-34-26-44-27-35(34)47-41(51)30-6-7-31-25-45-48-33(31)24-30/h2-9,24-25,34-35,44H,10-23,26-27H2,1H3,(H,45,48)(H,46,50)(H,47,51)/t34-,35-/m1/s1. The van der Waals surface area contributed by atoms with Crippen LogP contribution in [0.15, 0.2) is 60.8 Å². The van der Waals surface area contributed by atoms with Gasteiger partial charge >= 0.3 is 0 Å². The number of hydrogen-bond donors (Lipinski definition) is 4. The molecule has 1 saturated heterocycles. The third-order valence-corrected chi connectivity index (χ3v) is 9.02. The summed E-state index contributed by atoms with van der Waals surface area (Å²) in [7, 11) is 1.62. The lowest BCUT2D eigenvalue weighted by atomic mass is 10.00. The molecule has 2 heterocycles. The first-order valence-electron chi connectivity index (χ1n) is 19.3. The number of carbonyl (C=O) groups excluding carboxylic acids is 3. The molecule has 0 saturated carbocycles. The van der Waals surface area contributed by atoms with E-state index in [2.05, 4.69) is 26.1 Å². The number of halogens is 2. The van der Waals surface area contributed by atoms with Gasteiger partial charge in [0.05, 0.1) is 110 Å². The van der Waals surface area contributed by atoms with E-state index in [1.807, 2.05) is 0 Å². The smallest absolute Gasteiger partial charge is 0.251 e. The molecule has 320 valence electrons. The van der Waals surface area contributed by atoms with Gasteiger partial charge in [-0.15, -0.1) is 0 Å². The van der Waals surface area contributed by atoms with Crippen LogP contribution in [-0.2, 0) is 33.2 Å². The highest BCUT2D eigenvalue weighted by atomic mass is 19.2.